The number of rotatable bonds is 5. The first-order valence-corrected chi connectivity index (χ1v) is 7.95. The van der Waals surface area contributed by atoms with Crippen LogP contribution in [0.3, 0.4) is 0 Å². The van der Waals surface area contributed by atoms with Gasteiger partial charge in [0.2, 0.25) is 0 Å². The number of aliphatic imine (C=N–C) groups is 1. The molecule has 0 aromatic carbocycles. The third kappa shape index (κ3) is 4.00. The summed E-state index contributed by atoms with van der Waals surface area (Å²) in [7, 11) is 3.90. The zero-order chi connectivity index (χ0) is 16.1. The largest absolute Gasteiger partial charge is 0.381 e. The molecule has 124 valence electrons. The van der Waals surface area contributed by atoms with Crippen LogP contribution in [0.15, 0.2) is 9.52 Å². The molecule has 0 amide bonds. The third-order valence-electron chi connectivity index (χ3n) is 4.28. The van der Waals surface area contributed by atoms with Gasteiger partial charge in [-0.05, 0) is 20.3 Å². The molecular weight excluding hydrogens is 280 g/mol. The minimum atomic E-state index is 0.325. The molecule has 1 aromatic heterocycles. The van der Waals surface area contributed by atoms with Crippen molar-refractivity contribution in [2.45, 2.75) is 33.1 Å². The number of hydrogen-bond acceptors (Lipinski definition) is 4. The fourth-order valence-corrected chi connectivity index (χ4v) is 3.13. The summed E-state index contributed by atoms with van der Waals surface area (Å²) in [6, 6.07) is 0. The highest BCUT2D eigenvalue weighted by atomic mass is 16.5. The van der Waals surface area contributed by atoms with Crippen LogP contribution < -0.4 is 5.32 Å². The lowest BCUT2D eigenvalue weighted by atomic mass is 10.00. The van der Waals surface area contributed by atoms with E-state index in [0.29, 0.717) is 11.8 Å². The van der Waals surface area contributed by atoms with Crippen molar-refractivity contribution < 1.29 is 9.26 Å². The zero-order valence-electron chi connectivity index (χ0n) is 14.3. The van der Waals surface area contributed by atoms with Crippen molar-refractivity contribution in [1.82, 2.24) is 15.4 Å². The Hall–Kier alpha value is -1.56. The fourth-order valence-electron chi connectivity index (χ4n) is 3.13. The molecule has 2 heterocycles. The number of nitrogens with zero attached hydrogens (tertiary/aromatic N) is 3. The molecule has 1 aliphatic heterocycles. The zero-order valence-corrected chi connectivity index (χ0v) is 14.3. The molecule has 22 heavy (non-hydrogen) atoms. The molecule has 1 saturated heterocycles. The summed E-state index contributed by atoms with van der Waals surface area (Å²) in [5.41, 5.74) is 2.16. The van der Waals surface area contributed by atoms with Crippen LogP contribution in [-0.2, 0) is 4.74 Å². The summed E-state index contributed by atoms with van der Waals surface area (Å²) in [5, 5.41) is 7.48. The summed E-state index contributed by atoms with van der Waals surface area (Å²) < 4.78 is 10.7. The number of aromatic nitrogens is 1. The standard InChI is InChI=1S/C16H28N4O2/c1-11(15-12(2)19-22-13(15)3)8-18-16(17-4)20(5)9-14-6-7-21-10-14/h11,14H,6-10H2,1-5H3,(H,17,18). The van der Waals surface area contributed by atoms with Gasteiger partial charge in [-0.3, -0.25) is 4.99 Å². The van der Waals surface area contributed by atoms with E-state index in [2.05, 4.69) is 34.3 Å². The van der Waals surface area contributed by atoms with E-state index in [-0.39, 0.29) is 0 Å². The van der Waals surface area contributed by atoms with E-state index >= 15 is 0 Å². The minimum absolute atomic E-state index is 0.325. The van der Waals surface area contributed by atoms with Gasteiger partial charge in [0.25, 0.3) is 0 Å². The lowest BCUT2D eigenvalue weighted by Crippen LogP contribution is -2.42. The predicted molar refractivity (Wildman–Crippen MR) is 87.3 cm³/mol. The van der Waals surface area contributed by atoms with Gasteiger partial charge < -0.3 is 19.5 Å². The van der Waals surface area contributed by atoms with Crippen molar-refractivity contribution in [2.24, 2.45) is 10.9 Å². The Kier molecular flexibility index (Phi) is 5.83. The van der Waals surface area contributed by atoms with Gasteiger partial charge >= 0.3 is 0 Å². The van der Waals surface area contributed by atoms with E-state index < -0.39 is 0 Å². The van der Waals surface area contributed by atoms with Crippen molar-refractivity contribution >= 4 is 5.96 Å². The molecule has 0 bridgehead atoms. The van der Waals surface area contributed by atoms with Gasteiger partial charge in [0.15, 0.2) is 5.96 Å². The van der Waals surface area contributed by atoms with Crippen molar-refractivity contribution in [3.63, 3.8) is 0 Å². The Labute approximate surface area is 132 Å². The second-order valence-electron chi connectivity index (χ2n) is 6.18. The Morgan fingerprint density at radius 2 is 2.27 bits per heavy atom. The maximum atomic E-state index is 5.44. The van der Waals surface area contributed by atoms with Gasteiger partial charge in [0, 0.05) is 51.2 Å². The molecule has 2 atom stereocenters. The molecule has 0 spiro atoms. The molecule has 1 aliphatic rings. The molecule has 6 nitrogen and oxygen atoms in total. The Morgan fingerprint density at radius 3 is 2.82 bits per heavy atom. The van der Waals surface area contributed by atoms with Gasteiger partial charge in [0.1, 0.15) is 5.76 Å². The lowest BCUT2D eigenvalue weighted by Gasteiger charge is -2.25. The van der Waals surface area contributed by atoms with Crippen molar-refractivity contribution in [3.05, 3.63) is 17.0 Å². The molecule has 1 aromatic rings. The van der Waals surface area contributed by atoms with Crippen LogP contribution in [0.5, 0.6) is 0 Å². The van der Waals surface area contributed by atoms with Gasteiger partial charge in [-0.2, -0.15) is 0 Å². The summed E-state index contributed by atoms with van der Waals surface area (Å²) in [5.74, 6) is 2.75. The first kappa shape index (κ1) is 16.8. The molecular formula is C16H28N4O2. The molecule has 0 radical (unpaired) electrons. The highest BCUT2D eigenvalue weighted by molar-refractivity contribution is 5.79. The van der Waals surface area contributed by atoms with Gasteiger partial charge in [-0.15, -0.1) is 0 Å². The summed E-state index contributed by atoms with van der Waals surface area (Å²) in [6.45, 7) is 9.65. The fraction of sp³-hybridized carbons (Fsp3) is 0.750. The molecule has 6 heteroatoms. The maximum absolute atomic E-state index is 5.44. The van der Waals surface area contributed by atoms with Crippen LogP contribution >= 0.6 is 0 Å². The average molecular weight is 308 g/mol. The van der Waals surface area contributed by atoms with E-state index in [1.54, 1.807) is 0 Å². The number of hydrogen-bond donors (Lipinski definition) is 1. The predicted octanol–water partition coefficient (Wildman–Crippen LogP) is 1.94. The Morgan fingerprint density at radius 1 is 1.50 bits per heavy atom. The molecule has 0 aliphatic carbocycles. The number of aryl methyl sites for hydroxylation is 2. The van der Waals surface area contributed by atoms with Crippen LogP contribution in [0.2, 0.25) is 0 Å². The lowest BCUT2D eigenvalue weighted by molar-refractivity contribution is 0.181. The van der Waals surface area contributed by atoms with E-state index in [0.717, 1.165) is 50.1 Å². The normalized spacial score (nSPS) is 20.2. The first-order valence-electron chi connectivity index (χ1n) is 7.95. The van der Waals surface area contributed by atoms with Gasteiger partial charge in [-0.1, -0.05) is 12.1 Å². The highest BCUT2D eigenvalue weighted by Gasteiger charge is 2.20. The molecule has 2 unspecified atom stereocenters. The highest BCUT2D eigenvalue weighted by Crippen LogP contribution is 2.22. The molecule has 2 rings (SSSR count). The first-order chi connectivity index (χ1) is 10.5. The number of guanidine groups is 1. The Balaban J connectivity index is 1.87. The van der Waals surface area contributed by atoms with Crippen LogP contribution in [0.4, 0.5) is 0 Å². The van der Waals surface area contributed by atoms with Crippen LogP contribution in [-0.4, -0.2) is 56.4 Å². The topological polar surface area (TPSA) is 62.9 Å². The van der Waals surface area contributed by atoms with Gasteiger partial charge in [0.05, 0.1) is 12.3 Å². The second kappa shape index (κ2) is 7.63. The monoisotopic (exact) mass is 308 g/mol. The molecule has 1 fully saturated rings. The van der Waals surface area contributed by atoms with E-state index in [1.165, 1.54) is 5.56 Å². The quantitative estimate of drug-likeness (QED) is 0.665. The third-order valence-corrected chi connectivity index (χ3v) is 4.28. The number of ether oxygens (including phenoxy) is 1. The van der Waals surface area contributed by atoms with Crippen molar-refractivity contribution in [1.29, 1.82) is 0 Å². The van der Waals surface area contributed by atoms with Crippen molar-refractivity contribution in [2.75, 3.05) is 40.4 Å². The van der Waals surface area contributed by atoms with Gasteiger partial charge in [-0.25, -0.2) is 0 Å². The maximum Gasteiger partial charge on any atom is 0.193 e. The summed E-state index contributed by atoms with van der Waals surface area (Å²) in [6.07, 6.45) is 1.14. The summed E-state index contributed by atoms with van der Waals surface area (Å²) >= 11 is 0. The minimum Gasteiger partial charge on any atom is -0.381 e. The van der Waals surface area contributed by atoms with E-state index in [9.17, 15) is 0 Å². The van der Waals surface area contributed by atoms with Crippen LogP contribution in [0.1, 0.15) is 36.3 Å². The smallest absolute Gasteiger partial charge is 0.193 e. The SMILES string of the molecule is CN=C(NCC(C)c1c(C)noc1C)N(C)CC1CCOC1. The van der Waals surface area contributed by atoms with E-state index in [1.807, 2.05) is 20.9 Å². The average Bonchev–Trinajstić information content (AvgIpc) is 3.09. The Bertz CT molecular complexity index is 487. The van der Waals surface area contributed by atoms with Crippen molar-refractivity contribution in [3.8, 4) is 0 Å². The van der Waals surface area contributed by atoms with Crippen LogP contribution in [0.25, 0.3) is 0 Å². The molecule has 0 saturated carbocycles. The van der Waals surface area contributed by atoms with Crippen LogP contribution in [0, 0.1) is 19.8 Å². The molecule has 1 N–H and O–H groups in total. The second-order valence-corrected chi connectivity index (χ2v) is 6.18. The number of nitrogens with one attached hydrogen (secondary N) is 1. The van der Waals surface area contributed by atoms with E-state index in [4.69, 9.17) is 9.26 Å². The summed E-state index contributed by atoms with van der Waals surface area (Å²) in [4.78, 5) is 6.56.